The zero-order valence-corrected chi connectivity index (χ0v) is 23.1. The average Bonchev–Trinajstić information content (AvgIpc) is 3.17. The number of aryl methyl sites for hydroxylation is 1. The van der Waals surface area contributed by atoms with Crippen molar-refractivity contribution in [1.29, 1.82) is 0 Å². The Kier molecular flexibility index (Phi) is 8.76. The molecular weight excluding hydrogens is 551 g/mol. The van der Waals surface area contributed by atoms with Crippen molar-refractivity contribution in [2.45, 2.75) is 13.3 Å². The fourth-order valence-corrected chi connectivity index (χ4v) is 5.23. The first-order chi connectivity index (χ1) is 17.8. The molecule has 6 nitrogen and oxygen atoms in total. The van der Waals surface area contributed by atoms with E-state index in [-0.39, 0.29) is 18.4 Å². The number of hydrogen-bond donors (Lipinski definition) is 1. The molecule has 37 heavy (non-hydrogen) atoms. The van der Waals surface area contributed by atoms with Crippen LogP contribution in [0.2, 0.25) is 10.0 Å². The Bertz CT molecular complexity index is 1410. The first-order valence-corrected chi connectivity index (χ1v) is 13.2. The van der Waals surface area contributed by atoms with Gasteiger partial charge < -0.3 is 14.8 Å². The molecule has 1 saturated heterocycles. The van der Waals surface area contributed by atoms with Crippen molar-refractivity contribution in [2.75, 3.05) is 23.9 Å². The van der Waals surface area contributed by atoms with E-state index in [1.54, 1.807) is 42.5 Å². The molecule has 2 amide bonds. The second kappa shape index (κ2) is 12.0. The molecule has 0 atom stereocenters. The number of thioether (sulfide) groups is 1. The van der Waals surface area contributed by atoms with E-state index in [2.05, 4.69) is 5.32 Å². The number of carbonyl (C=O) groups excluding carboxylic acids is 2. The molecule has 0 aromatic heterocycles. The Morgan fingerprint density at radius 1 is 1.08 bits per heavy atom. The van der Waals surface area contributed by atoms with Crippen LogP contribution >= 0.6 is 47.2 Å². The highest BCUT2D eigenvalue weighted by atomic mass is 35.5. The molecule has 4 rings (SSSR count). The van der Waals surface area contributed by atoms with Gasteiger partial charge in [0.05, 0.1) is 27.7 Å². The second-order valence-electron chi connectivity index (χ2n) is 7.87. The van der Waals surface area contributed by atoms with Gasteiger partial charge in [-0.2, -0.15) is 0 Å². The lowest BCUT2D eigenvalue weighted by Gasteiger charge is -2.15. The van der Waals surface area contributed by atoms with Gasteiger partial charge in [0.25, 0.3) is 11.8 Å². The van der Waals surface area contributed by atoms with Crippen LogP contribution in [0.5, 0.6) is 11.5 Å². The smallest absolute Gasteiger partial charge is 0.270 e. The van der Waals surface area contributed by atoms with E-state index in [1.165, 1.54) is 23.8 Å². The maximum atomic E-state index is 13.1. The van der Waals surface area contributed by atoms with Crippen LogP contribution in [0, 0.1) is 0 Å². The van der Waals surface area contributed by atoms with Crippen molar-refractivity contribution in [3.63, 3.8) is 0 Å². The number of benzene rings is 3. The van der Waals surface area contributed by atoms with Crippen LogP contribution < -0.4 is 19.7 Å². The van der Waals surface area contributed by atoms with E-state index in [1.807, 2.05) is 31.2 Å². The molecule has 10 heteroatoms. The number of nitrogens with zero attached hydrogens (tertiary/aromatic N) is 1. The summed E-state index contributed by atoms with van der Waals surface area (Å²) in [6.45, 7) is 1.84. The fourth-order valence-electron chi connectivity index (χ4n) is 3.64. The van der Waals surface area contributed by atoms with Gasteiger partial charge in [-0.1, -0.05) is 78.4 Å². The third-order valence-corrected chi connectivity index (χ3v) is 7.51. The topological polar surface area (TPSA) is 67.9 Å². The molecule has 0 saturated carbocycles. The van der Waals surface area contributed by atoms with Crippen LogP contribution in [-0.2, 0) is 16.0 Å². The number of nitrogens with one attached hydrogen (secondary N) is 1. The molecular formula is C27H22Cl2N2O4S2. The van der Waals surface area contributed by atoms with Crippen molar-refractivity contribution in [3.05, 3.63) is 86.7 Å². The summed E-state index contributed by atoms with van der Waals surface area (Å²) in [4.78, 5) is 27.4. The minimum absolute atomic E-state index is 0.184. The summed E-state index contributed by atoms with van der Waals surface area (Å²) in [5, 5.41) is 3.60. The Balaban J connectivity index is 1.46. The lowest BCUT2D eigenvalue weighted by Crippen LogP contribution is -2.27. The lowest BCUT2D eigenvalue weighted by molar-refractivity contribution is -0.118. The summed E-state index contributed by atoms with van der Waals surface area (Å²) < 4.78 is 11.6. The van der Waals surface area contributed by atoms with E-state index in [4.69, 9.17) is 44.9 Å². The summed E-state index contributed by atoms with van der Waals surface area (Å²) in [6.07, 6.45) is 2.52. The SMILES string of the molecule is CCc1ccccc1NC(=O)COc1ccc(/C=C2\SC(=S)N(c3ccc(Cl)c(Cl)c3)C2=O)cc1OC. The van der Waals surface area contributed by atoms with Gasteiger partial charge in [-0.3, -0.25) is 14.5 Å². The molecule has 1 aliphatic rings. The third-order valence-electron chi connectivity index (χ3n) is 5.47. The largest absolute Gasteiger partial charge is 0.493 e. The van der Waals surface area contributed by atoms with Crippen molar-refractivity contribution in [1.82, 2.24) is 0 Å². The van der Waals surface area contributed by atoms with Gasteiger partial charge in [0, 0.05) is 5.69 Å². The van der Waals surface area contributed by atoms with Gasteiger partial charge in [-0.05, 0) is 60.0 Å². The van der Waals surface area contributed by atoms with Crippen molar-refractivity contribution in [2.24, 2.45) is 0 Å². The molecule has 1 fully saturated rings. The predicted octanol–water partition coefficient (Wildman–Crippen LogP) is 6.99. The summed E-state index contributed by atoms with van der Waals surface area (Å²) in [7, 11) is 1.51. The number of methoxy groups -OCH3 is 1. The fraction of sp³-hybridized carbons (Fsp3) is 0.148. The molecule has 0 aliphatic carbocycles. The highest BCUT2D eigenvalue weighted by Gasteiger charge is 2.33. The van der Waals surface area contributed by atoms with Gasteiger partial charge in [0.2, 0.25) is 0 Å². The molecule has 3 aromatic rings. The third kappa shape index (κ3) is 6.27. The highest BCUT2D eigenvalue weighted by molar-refractivity contribution is 8.27. The van der Waals surface area contributed by atoms with Crippen LogP contribution in [-0.4, -0.2) is 29.9 Å². The number of halogens is 2. The maximum Gasteiger partial charge on any atom is 0.270 e. The number of thiocarbonyl (C=S) groups is 1. The van der Waals surface area contributed by atoms with E-state index in [9.17, 15) is 9.59 Å². The van der Waals surface area contributed by atoms with Crippen LogP contribution in [0.3, 0.4) is 0 Å². The average molecular weight is 574 g/mol. The van der Waals surface area contributed by atoms with Gasteiger partial charge in [-0.25, -0.2) is 0 Å². The monoisotopic (exact) mass is 572 g/mol. The van der Waals surface area contributed by atoms with Gasteiger partial charge in [-0.15, -0.1) is 0 Å². The molecule has 0 bridgehead atoms. The molecule has 1 N–H and O–H groups in total. The van der Waals surface area contributed by atoms with Crippen molar-refractivity contribution in [3.8, 4) is 11.5 Å². The molecule has 1 aliphatic heterocycles. The first kappa shape index (κ1) is 27.0. The number of rotatable bonds is 8. The van der Waals surface area contributed by atoms with Gasteiger partial charge >= 0.3 is 0 Å². The molecule has 0 unspecified atom stereocenters. The lowest BCUT2D eigenvalue weighted by atomic mass is 10.1. The number of carbonyl (C=O) groups is 2. The second-order valence-corrected chi connectivity index (χ2v) is 10.4. The molecule has 0 spiro atoms. The minimum Gasteiger partial charge on any atom is -0.493 e. The Morgan fingerprint density at radius 2 is 1.86 bits per heavy atom. The summed E-state index contributed by atoms with van der Waals surface area (Å²) in [5.41, 5.74) is 3.06. The van der Waals surface area contributed by atoms with Crippen LogP contribution in [0.1, 0.15) is 18.1 Å². The zero-order valence-electron chi connectivity index (χ0n) is 19.9. The standard InChI is InChI=1S/C27H22Cl2N2O4S2/c1-3-17-6-4-5-7-21(17)30-25(32)15-35-22-11-8-16(12-23(22)34-2)13-24-26(33)31(27(36)37-24)18-9-10-19(28)20(29)14-18/h4-14H,3,15H2,1-2H3,(H,30,32)/b24-13-. The Hall–Kier alpha value is -3.04. The number of ether oxygens (including phenoxy) is 2. The Morgan fingerprint density at radius 3 is 2.59 bits per heavy atom. The van der Waals surface area contributed by atoms with E-state index < -0.39 is 0 Å². The molecule has 1 heterocycles. The summed E-state index contributed by atoms with van der Waals surface area (Å²) in [5.74, 6) is 0.284. The highest BCUT2D eigenvalue weighted by Crippen LogP contribution is 2.38. The van der Waals surface area contributed by atoms with Gasteiger partial charge in [0.15, 0.2) is 22.4 Å². The summed E-state index contributed by atoms with van der Waals surface area (Å²) in [6, 6.07) is 17.7. The van der Waals surface area contributed by atoms with Crippen molar-refractivity contribution < 1.29 is 19.1 Å². The number of hydrogen-bond acceptors (Lipinski definition) is 6. The quantitative estimate of drug-likeness (QED) is 0.232. The molecule has 0 radical (unpaired) electrons. The normalized spacial score (nSPS) is 14.3. The minimum atomic E-state index is -0.280. The van der Waals surface area contributed by atoms with E-state index in [0.29, 0.717) is 42.0 Å². The molecule has 190 valence electrons. The number of para-hydroxylation sites is 1. The van der Waals surface area contributed by atoms with E-state index >= 15 is 0 Å². The maximum absolute atomic E-state index is 13.1. The van der Waals surface area contributed by atoms with E-state index in [0.717, 1.165) is 17.7 Å². The predicted molar refractivity (Wildman–Crippen MR) is 155 cm³/mol. The molecule has 3 aromatic carbocycles. The Labute approximate surface area is 234 Å². The van der Waals surface area contributed by atoms with Gasteiger partial charge in [0.1, 0.15) is 0 Å². The van der Waals surface area contributed by atoms with Crippen molar-refractivity contribution >= 4 is 80.8 Å². The number of anilines is 2. The number of amides is 2. The van der Waals surface area contributed by atoms with Crippen LogP contribution in [0.15, 0.2) is 65.6 Å². The zero-order chi connectivity index (χ0) is 26.5. The van der Waals surface area contributed by atoms with Crippen LogP contribution in [0.25, 0.3) is 6.08 Å². The first-order valence-electron chi connectivity index (χ1n) is 11.2. The summed E-state index contributed by atoms with van der Waals surface area (Å²) >= 11 is 18.7. The van der Waals surface area contributed by atoms with Crippen LogP contribution in [0.4, 0.5) is 11.4 Å².